The number of phenolic OH excluding ortho intramolecular Hbond substituents is 1. The van der Waals surface area contributed by atoms with Crippen molar-refractivity contribution in [1.82, 2.24) is 9.55 Å². The predicted molar refractivity (Wildman–Crippen MR) is 72.4 cm³/mol. The van der Waals surface area contributed by atoms with Crippen LogP contribution >= 0.6 is 0 Å². The molecule has 5 heteroatoms. The number of aromatic hydroxyl groups is 1. The fourth-order valence-corrected chi connectivity index (χ4v) is 2.34. The normalized spacial score (nSPS) is 11.2. The predicted octanol–water partition coefficient (Wildman–Crippen LogP) is 3.71. The molecule has 102 valence electrons. The molecule has 3 nitrogen and oxygen atoms in total. The van der Waals surface area contributed by atoms with Crippen molar-refractivity contribution in [2.45, 2.75) is 13.5 Å². The number of aryl methyl sites for hydroxylation is 1. The number of fused-ring (bicyclic) bond motifs is 1. The molecule has 0 spiro atoms. The molecular weight excluding hydrogens is 262 g/mol. The van der Waals surface area contributed by atoms with E-state index in [1.807, 2.05) is 6.92 Å². The first-order valence-corrected chi connectivity index (χ1v) is 6.25. The molecule has 0 unspecified atom stereocenters. The first kappa shape index (κ1) is 12.6. The monoisotopic (exact) mass is 274 g/mol. The lowest BCUT2D eigenvalue weighted by Crippen LogP contribution is -1.99. The minimum Gasteiger partial charge on any atom is -0.507 e. The Morgan fingerprint density at radius 2 is 2.00 bits per heavy atom. The maximum Gasteiger partial charge on any atom is 0.147 e. The third kappa shape index (κ3) is 1.82. The fraction of sp³-hybridized carbons (Fsp3) is 0.133. The third-order valence-corrected chi connectivity index (χ3v) is 3.24. The van der Waals surface area contributed by atoms with E-state index in [-0.39, 0.29) is 17.1 Å². The molecule has 0 bridgehead atoms. The van der Waals surface area contributed by atoms with Gasteiger partial charge in [-0.3, -0.25) is 0 Å². The van der Waals surface area contributed by atoms with Gasteiger partial charge in [-0.25, -0.2) is 13.8 Å². The molecule has 0 aliphatic carbocycles. The van der Waals surface area contributed by atoms with E-state index in [9.17, 15) is 13.9 Å². The number of rotatable bonds is 2. The lowest BCUT2D eigenvalue weighted by atomic mass is 10.1. The van der Waals surface area contributed by atoms with Gasteiger partial charge >= 0.3 is 0 Å². The highest BCUT2D eigenvalue weighted by Crippen LogP contribution is 2.33. The minimum atomic E-state index is -0.560. The second kappa shape index (κ2) is 4.59. The van der Waals surface area contributed by atoms with E-state index in [1.165, 1.54) is 36.4 Å². The second-order valence-electron chi connectivity index (χ2n) is 4.45. The largest absolute Gasteiger partial charge is 0.507 e. The van der Waals surface area contributed by atoms with Crippen molar-refractivity contribution in [3.8, 4) is 17.1 Å². The molecule has 0 saturated heterocycles. The zero-order valence-electron chi connectivity index (χ0n) is 10.8. The van der Waals surface area contributed by atoms with E-state index in [0.717, 1.165) is 0 Å². The molecule has 0 fully saturated rings. The summed E-state index contributed by atoms with van der Waals surface area (Å²) in [5.74, 6) is -0.828. The van der Waals surface area contributed by atoms with Crippen molar-refractivity contribution in [3.63, 3.8) is 0 Å². The molecule has 2 aromatic carbocycles. The average Bonchev–Trinajstić information content (AvgIpc) is 2.76. The Hall–Kier alpha value is -2.43. The quantitative estimate of drug-likeness (QED) is 0.773. The van der Waals surface area contributed by atoms with Gasteiger partial charge in [0.2, 0.25) is 0 Å². The van der Waals surface area contributed by atoms with Crippen LogP contribution in [0.5, 0.6) is 5.75 Å². The number of hydrogen-bond acceptors (Lipinski definition) is 2. The van der Waals surface area contributed by atoms with Gasteiger partial charge in [-0.1, -0.05) is 6.07 Å². The van der Waals surface area contributed by atoms with E-state index in [0.29, 0.717) is 23.4 Å². The summed E-state index contributed by atoms with van der Waals surface area (Å²) in [6.07, 6.45) is 0. The van der Waals surface area contributed by atoms with Crippen LogP contribution in [0.1, 0.15) is 6.92 Å². The van der Waals surface area contributed by atoms with Crippen molar-refractivity contribution in [1.29, 1.82) is 0 Å². The van der Waals surface area contributed by atoms with Crippen molar-refractivity contribution in [2.24, 2.45) is 0 Å². The topological polar surface area (TPSA) is 38.0 Å². The van der Waals surface area contributed by atoms with Crippen molar-refractivity contribution in [2.75, 3.05) is 0 Å². The van der Waals surface area contributed by atoms with Gasteiger partial charge in [-0.15, -0.1) is 0 Å². The number of aromatic nitrogens is 2. The summed E-state index contributed by atoms with van der Waals surface area (Å²) in [5.41, 5.74) is 1.17. The van der Waals surface area contributed by atoms with Crippen LogP contribution in [0.4, 0.5) is 8.78 Å². The lowest BCUT2D eigenvalue weighted by molar-refractivity contribution is 0.471. The van der Waals surface area contributed by atoms with Crippen LogP contribution in [0.25, 0.3) is 22.4 Å². The number of benzene rings is 2. The number of nitrogens with zero attached hydrogens (tertiary/aromatic N) is 2. The summed E-state index contributed by atoms with van der Waals surface area (Å²) in [6, 6.07) is 8.28. The summed E-state index contributed by atoms with van der Waals surface area (Å²) in [7, 11) is 0. The molecule has 0 saturated carbocycles. The van der Waals surface area contributed by atoms with Gasteiger partial charge < -0.3 is 9.67 Å². The first-order chi connectivity index (χ1) is 9.61. The third-order valence-electron chi connectivity index (χ3n) is 3.24. The first-order valence-electron chi connectivity index (χ1n) is 6.25. The summed E-state index contributed by atoms with van der Waals surface area (Å²) in [5, 5.41) is 9.88. The van der Waals surface area contributed by atoms with E-state index in [1.54, 1.807) is 4.57 Å². The minimum absolute atomic E-state index is 0.0333. The summed E-state index contributed by atoms with van der Waals surface area (Å²) in [4.78, 5) is 4.31. The highest BCUT2D eigenvalue weighted by Gasteiger charge is 2.18. The van der Waals surface area contributed by atoms with Gasteiger partial charge in [-0.05, 0) is 37.3 Å². The standard InChI is InChI=1S/C15H12F2N2O/c1-2-19-12-8-9(16)6-7-11(12)18-15(19)14-10(17)4-3-5-13(14)20/h3-8,20H,2H2,1H3. The molecule has 3 aromatic rings. The molecule has 1 heterocycles. The van der Waals surface area contributed by atoms with E-state index in [4.69, 9.17) is 0 Å². The van der Waals surface area contributed by atoms with Crippen molar-refractivity contribution in [3.05, 3.63) is 48.0 Å². The molecule has 1 N–H and O–H groups in total. The highest BCUT2D eigenvalue weighted by molar-refractivity contribution is 5.82. The Bertz CT molecular complexity index is 776. The molecule has 0 aliphatic heterocycles. The second-order valence-corrected chi connectivity index (χ2v) is 4.45. The van der Waals surface area contributed by atoms with Gasteiger partial charge in [0.15, 0.2) is 0 Å². The zero-order chi connectivity index (χ0) is 14.3. The van der Waals surface area contributed by atoms with Crippen LogP contribution < -0.4 is 0 Å². The molecule has 3 rings (SSSR count). The Morgan fingerprint density at radius 1 is 1.20 bits per heavy atom. The Labute approximate surface area is 114 Å². The number of phenols is 1. The summed E-state index contributed by atoms with van der Waals surface area (Å²) >= 11 is 0. The van der Waals surface area contributed by atoms with E-state index < -0.39 is 5.82 Å². The molecule has 0 atom stereocenters. The SMILES string of the molecule is CCn1c(-c2c(O)cccc2F)nc2ccc(F)cc21. The van der Waals surface area contributed by atoms with Crippen LogP contribution in [0.2, 0.25) is 0 Å². The molecule has 0 amide bonds. The van der Waals surface area contributed by atoms with Crippen LogP contribution in [-0.2, 0) is 6.54 Å². The molecule has 0 radical (unpaired) electrons. The molecular formula is C15H12F2N2O. The van der Waals surface area contributed by atoms with Gasteiger partial charge in [-0.2, -0.15) is 0 Å². The highest BCUT2D eigenvalue weighted by atomic mass is 19.1. The molecule has 1 aromatic heterocycles. The molecule has 20 heavy (non-hydrogen) atoms. The average molecular weight is 274 g/mol. The zero-order valence-corrected chi connectivity index (χ0v) is 10.8. The van der Waals surface area contributed by atoms with Gasteiger partial charge in [0.25, 0.3) is 0 Å². The van der Waals surface area contributed by atoms with Gasteiger partial charge in [0.05, 0.1) is 16.6 Å². The Morgan fingerprint density at radius 3 is 2.70 bits per heavy atom. The van der Waals surface area contributed by atoms with Crippen molar-refractivity contribution < 1.29 is 13.9 Å². The summed E-state index contributed by atoms with van der Waals surface area (Å²) < 4.78 is 29.0. The summed E-state index contributed by atoms with van der Waals surface area (Å²) in [6.45, 7) is 2.34. The van der Waals surface area contributed by atoms with Gasteiger partial charge in [0.1, 0.15) is 23.2 Å². The van der Waals surface area contributed by atoms with Crippen LogP contribution in [0, 0.1) is 11.6 Å². The van der Waals surface area contributed by atoms with E-state index in [2.05, 4.69) is 4.98 Å². The number of imidazole rings is 1. The van der Waals surface area contributed by atoms with Crippen molar-refractivity contribution >= 4 is 11.0 Å². The maximum atomic E-state index is 14.0. The molecule has 0 aliphatic rings. The Balaban J connectivity index is 2.37. The fourth-order valence-electron chi connectivity index (χ4n) is 2.34. The van der Waals surface area contributed by atoms with Crippen LogP contribution in [0.15, 0.2) is 36.4 Å². The van der Waals surface area contributed by atoms with Crippen LogP contribution in [0.3, 0.4) is 0 Å². The number of halogens is 2. The number of hydrogen-bond donors (Lipinski definition) is 1. The Kier molecular flexibility index (Phi) is 2.89. The van der Waals surface area contributed by atoms with Crippen LogP contribution in [-0.4, -0.2) is 14.7 Å². The van der Waals surface area contributed by atoms with Gasteiger partial charge in [0, 0.05) is 6.54 Å². The lowest BCUT2D eigenvalue weighted by Gasteiger charge is -2.08. The van der Waals surface area contributed by atoms with E-state index >= 15 is 0 Å². The smallest absolute Gasteiger partial charge is 0.147 e. The maximum absolute atomic E-state index is 14.0.